The van der Waals surface area contributed by atoms with Gasteiger partial charge in [-0.3, -0.25) is 9.69 Å². The van der Waals surface area contributed by atoms with Crippen molar-refractivity contribution in [2.45, 2.75) is 6.54 Å². The molecule has 0 radical (unpaired) electrons. The van der Waals surface area contributed by atoms with Gasteiger partial charge in [-0.25, -0.2) is 4.68 Å². The summed E-state index contributed by atoms with van der Waals surface area (Å²) in [5.74, 6) is -0.0416. The van der Waals surface area contributed by atoms with E-state index in [0.717, 1.165) is 30.9 Å². The van der Waals surface area contributed by atoms with Crippen LogP contribution in [0.15, 0.2) is 84.9 Å². The van der Waals surface area contributed by atoms with Crippen molar-refractivity contribution < 1.29 is 4.79 Å². The minimum Gasteiger partial charge on any atom is -0.335 e. The molecule has 4 aromatic rings. The Kier molecular flexibility index (Phi) is 6.68. The average molecular weight is 491 g/mol. The Balaban J connectivity index is 1.40. The number of amides is 1. The van der Waals surface area contributed by atoms with Crippen LogP contribution in [0, 0.1) is 0 Å². The summed E-state index contributed by atoms with van der Waals surface area (Å²) in [6.07, 6.45) is 0. The van der Waals surface area contributed by atoms with Crippen LogP contribution in [0.5, 0.6) is 0 Å². The highest BCUT2D eigenvalue weighted by Crippen LogP contribution is 2.29. The van der Waals surface area contributed by atoms with Crippen molar-refractivity contribution in [1.29, 1.82) is 0 Å². The fourth-order valence-corrected chi connectivity index (χ4v) is 4.58. The molecule has 172 valence electrons. The third-order valence-corrected chi connectivity index (χ3v) is 6.64. The molecular formula is C27H24Cl2N4O. The van der Waals surface area contributed by atoms with Crippen LogP contribution in [0.4, 0.5) is 0 Å². The van der Waals surface area contributed by atoms with E-state index in [-0.39, 0.29) is 5.91 Å². The first-order chi connectivity index (χ1) is 16.6. The first-order valence-electron chi connectivity index (χ1n) is 11.2. The highest BCUT2D eigenvalue weighted by Gasteiger charge is 2.26. The Hall–Kier alpha value is -3.12. The summed E-state index contributed by atoms with van der Waals surface area (Å²) in [6.45, 7) is 3.88. The van der Waals surface area contributed by atoms with E-state index >= 15 is 0 Å². The first kappa shape index (κ1) is 22.7. The Bertz CT molecular complexity index is 1280. The Morgan fingerprint density at radius 1 is 0.824 bits per heavy atom. The summed E-state index contributed by atoms with van der Waals surface area (Å²) in [6, 6.07) is 27.1. The molecule has 0 bridgehead atoms. The number of hydrogen-bond donors (Lipinski definition) is 0. The number of carbonyl (C=O) groups excluding carboxylic acids is 1. The van der Waals surface area contributed by atoms with Crippen molar-refractivity contribution >= 4 is 29.1 Å². The van der Waals surface area contributed by atoms with Crippen molar-refractivity contribution in [3.8, 4) is 16.9 Å². The number of nitrogens with zero attached hydrogens (tertiary/aromatic N) is 4. The zero-order valence-corrected chi connectivity index (χ0v) is 20.1. The molecule has 2 heterocycles. The van der Waals surface area contributed by atoms with Gasteiger partial charge in [-0.2, -0.15) is 5.10 Å². The smallest absolute Gasteiger partial charge is 0.272 e. The maximum atomic E-state index is 13.6. The summed E-state index contributed by atoms with van der Waals surface area (Å²) < 4.78 is 1.69. The molecule has 1 aliphatic rings. The summed E-state index contributed by atoms with van der Waals surface area (Å²) in [5, 5.41) is 5.98. The van der Waals surface area contributed by atoms with Crippen molar-refractivity contribution in [2.75, 3.05) is 26.2 Å². The predicted molar refractivity (Wildman–Crippen MR) is 137 cm³/mol. The van der Waals surface area contributed by atoms with E-state index in [4.69, 9.17) is 28.3 Å². The van der Waals surface area contributed by atoms with Gasteiger partial charge in [0.25, 0.3) is 5.91 Å². The third kappa shape index (κ3) is 4.87. The number of carbonyl (C=O) groups is 1. The number of halogens is 2. The van der Waals surface area contributed by atoms with E-state index < -0.39 is 0 Å². The maximum Gasteiger partial charge on any atom is 0.272 e. The van der Waals surface area contributed by atoms with Crippen molar-refractivity contribution in [1.82, 2.24) is 19.6 Å². The van der Waals surface area contributed by atoms with Crippen LogP contribution >= 0.6 is 23.2 Å². The van der Waals surface area contributed by atoms with Crippen molar-refractivity contribution in [2.24, 2.45) is 0 Å². The maximum absolute atomic E-state index is 13.6. The second-order valence-electron chi connectivity index (χ2n) is 8.34. The molecule has 1 aliphatic heterocycles. The minimum atomic E-state index is -0.0416. The van der Waals surface area contributed by atoms with Gasteiger partial charge in [-0.15, -0.1) is 0 Å². The highest BCUT2D eigenvalue weighted by atomic mass is 35.5. The lowest BCUT2D eigenvalue weighted by molar-refractivity contribution is 0.0619. The fraction of sp³-hybridized carbons (Fsp3) is 0.185. The van der Waals surface area contributed by atoms with Crippen LogP contribution in [0.2, 0.25) is 10.0 Å². The van der Waals surface area contributed by atoms with Crippen molar-refractivity contribution in [3.05, 3.63) is 106 Å². The SMILES string of the molecule is O=C(c1cc(-c2ccccc2Cl)nn1-c1ccc(Cl)cc1)N1CCN(Cc2ccccc2)CC1. The van der Waals surface area contributed by atoms with Crippen LogP contribution in [-0.2, 0) is 6.54 Å². The normalized spacial score (nSPS) is 14.4. The monoisotopic (exact) mass is 490 g/mol. The quantitative estimate of drug-likeness (QED) is 0.354. The van der Waals surface area contributed by atoms with Gasteiger partial charge in [0.2, 0.25) is 0 Å². The molecule has 3 aromatic carbocycles. The van der Waals surface area contributed by atoms with Gasteiger partial charge < -0.3 is 4.90 Å². The van der Waals surface area contributed by atoms with Gasteiger partial charge >= 0.3 is 0 Å². The number of rotatable bonds is 5. The van der Waals surface area contributed by atoms with Gasteiger partial charge in [0.05, 0.1) is 16.4 Å². The van der Waals surface area contributed by atoms with Crippen LogP contribution in [0.3, 0.4) is 0 Å². The minimum absolute atomic E-state index is 0.0416. The molecule has 34 heavy (non-hydrogen) atoms. The molecule has 0 spiro atoms. The summed E-state index contributed by atoms with van der Waals surface area (Å²) in [4.78, 5) is 17.9. The molecule has 5 nitrogen and oxygen atoms in total. The molecule has 1 amide bonds. The van der Waals surface area contributed by atoms with E-state index in [2.05, 4.69) is 29.2 Å². The molecular weight excluding hydrogens is 467 g/mol. The number of hydrogen-bond acceptors (Lipinski definition) is 3. The second kappa shape index (κ2) is 10.0. The zero-order valence-electron chi connectivity index (χ0n) is 18.6. The third-order valence-electron chi connectivity index (χ3n) is 6.06. The van der Waals surface area contributed by atoms with E-state index in [1.807, 2.05) is 53.4 Å². The predicted octanol–water partition coefficient (Wildman–Crippen LogP) is 5.80. The standard InChI is InChI=1S/C27H24Cl2N4O/c28-21-10-12-22(13-11-21)33-26(18-25(30-33)23-8-4-5-9-24(23)29)27(34)32-16-14-31(15-17-32)19-20-6-2-1-3-7-20/h1-13,18H,14-17,19H2. The lowest BCUT2D eigenvalue weighted by Gasteiger charge is -2.34. The molecule has 0 aliphatic carbocycles. The second-order valence-corrected chi connectivity index (χ2v) is 9.18. The molecule has 1 fully saturated rings. The Morgan fingerprint density at radius 2 is 1.50 bits per heavy atom. The Morgan fingerprint density at radius 3 is 2.21 bits per heavy atom. The lowest BCUT2D eigenvalue weighted by Crippen LogP contribution is -2.48. The molecule has 0 atom stereocenters. The van der Waals surface area contributed by atoms with Crippen LogP contribution < -0.4 is 0 Å². The zero-order chi connectivity index (χ0) is 23.5. The molecule has 5 rings (SSSR count). The van der Waals surface area contributed by atoms with Gasteiger partial charge in [0.1, 0.15) is 5.69 Å². The van der Waals surface area contributed by atoms with Crippen LogP contribution in [0.25, 0.3) is 16.9 Å². The number of piperazine rings is 1. The van der Waals surface area contributed by atoms with E-state index in [9.17, 15) is 4.79 Å². The lowest BCUT2D eigenvalue weighted by atomic mass is 10.1. The Labute approximate surface area is 209 Å². The summed E-state index contributed by atoms with van der Waals surface area (Å²) in [7, 11) is 0. The topological polar surface area (TPSA) is 41.4 Å². The molecule has 1 saturated heterocycles. The van der Waals surface area contributed by atoms with Crippen LogP contribution in [0.1, 0.15) is 16.1 Å². The van der Waals surface area contributed by atoms with Gasteiger partial charge in [-0.05, 0) is 42.0 Å². The molecule has 7 heteroatoms. The molecule has 0 saturated carbocycles. The summed E-state index contributed by atoms with van der Waals surface area (Å²) >= 11 is 12.5. The van der Waals surface area contributed by atoms with E-state index in [1.165, 1.54) is 5.56 Å². The highest BCUT2D eigenvalue weighted by molar-refractivity contribution is 6.33. The fourth-order valence-electron chi connectivity index (χ4n) is 4.23. The number of aromatic nitrogens is 2. The molecule has 1 aromatic heterocycles. The average Bonchev–Trinajstić information content (AvgIpc) is 3.31. The van der Waals surface area contributed by atoms with Crippen molar-refractivity contribution in [3.63, 3.8) is 0 Å². The molecule has 0 unspecified atom stereocenters. The first-order valence-corrected chi connectivity index (χ1v) is 12.0. The van der Waals surface area contributed by atoms with Gasteiger partial charge in [-0.1, -0.05) is 71.7 Å². The van der Waals surface area contributed by atoms with Crippen LogP contribution in [-0.4, -0.2) is 51.7 Å². The summed E-state index contributed by atoms with van der Waals surface area (Å²) in [5.41, 5.74) is 4.01. The number of benzene rings is 3. The molecule has 0 N–H and O–H groups in total. The van der Waals surface area contributed by atoms with Gasteiger partial charge in [0, 0.05) is 43.3 Å². The van der Waals surface area contributed by atoms with Gasteiger partial charge in [0.15, 0.2) is 0 Å². The van der Waals surface area contributed by atoms with E-state index in [1.54, 1.807) is 16.8 Å². The largest absolute Gasteiger partial charge is 0.335 e. The van der Waals surface area contributed by atoms with E-state index in [0.29, 0.717) is 34.5 Å².